The maximum Gasteiger partial charge on any atom is 0.344 e. The van der Waals surface area contributed by atoms with E-state index in [1.165, 1.54) is 11.3 Å². The number of nitrogens with one attached hydrogen (secondary N) is 1. The normalized spacial score (nSPS) is 9.67. The van der Waals surface area contributed by atoms with Crippen LogP contribution in [0.25, 0.3) is 0 Å². The van der Waals surface area contributed by atoms with E-state index in [4.69, 9.17) is 19.5 Å². The Labute approximate surface area is 142 Å². The molecule has 0 aliphatic carbocycles. The standard InChI is InChI=1S/C16H14N2O5S/c1-21-12-2-4-13(5-3-12)22-10-15(20)23-9-14(19)18-16-11(8-17)6-7-24-16/h2-7H,9-10H2,1H3,(H,18,19). The summed E-state index contributed by atoms with van der Waals surface area (Å²) in [5.41, 5.74) is 0.363. The van der Waals surface area contributed by atoms with Gasteiger partial charge in [-0.05, 0) is 35.7 Å². The Morgan fingerprint density at radius 2 is 1.88 bits per heavy atom. The van der Waals surface area contributed by atoms with Crippen LogP contribution in [-0.2, 0) is 14.3 Å². The van der Waals surface area contributed by atoms with Crippen molar-refractivity contribution in [3.63, 3.8) is 0 Å². The highest BCUT2D eigenvalue weighted by atomic mass is 32.1. The lowest BCUT2D eigenvalue weighted by Crippen LogP contribution is -2.23. The Balaban J connectivity index is 1.72. The predicted octanol–water partition coefficient (Wildman–Crippen LogP) is 2.19. The molecule has 2 rings (SSSR count). The third kappa shape index (κ3) is 5.00. The molecular formula is C16H14N2O5S. The summed E-state index contributed by atoms with van der Waals surface area (Å²) in [5, 5.41) is 13.5. The Bertz CT molecular complexity index is 749. The average molecular weight is 346 g/mol. The van der Waals surface area contributed by atoms with Crippen LogP contribution in [0.15, 0.2) is 35.7 Å². The zero-order valence-corrected chi connectivity index (χ0v) is 13.6. The first-order chi connectivity index (χ1) is 11.6. The van der Waals surface area contributed by atoms with Crippen molar-refractivity contribution in [2.24, 2.45) is 0 Å². The number of methoxy groups -OCH3 is 1. The van der Waals surface area contributed by atoms with Crippen LogP contribution in [0.3, 0.4) is 0 Å². The summed E-state index contributed by atoms with van der Waals surface area (Å²) in [6.45, 7) is -0.768. The number of hydrogen-bond acceptors (Lipinski definition) is 7. The number of esters is 1. The zero-order chi connectivity index (χ0) is 17.4. The van der Waals surface area contributed by atoms with Gasteiger partial charge in [-0.15, -0.1) is 11.3 Å². The quantitative estimate of drug-likeness (QED) is 0.772. The molecule has 0 aliphatic rings. The van der Waals surface area contributed by atoms with Gasteiger partial charge in [0.05, 0.1) is 12.7 Å². The molecule has 0 radical (unpaired) electrons. The van der Waals surface area contributed by atoms with Crippen molar-refractivity contribution in [3.8, 4) is 17.6 Å². The van der Waals surface area contributed by atoms with E-state index in [9.17, 15) is 9.59 Å². The molecule has 1 heterocycles. The molecule has 1 amide bonds. The lowest BCUT2D eigenvalue weighted by atomic mass is 10.3. The molecule has 0 unspecified atom stereocenters. The number of rotatable bonds is 7. The largest absolute Gasteiger partial charge is 0.497 e. The number of carbonyl (C=O) groups is 2. The SMILES string of the molecule is COc1ccc(OCC(=O)OCC(=O)Nc2sccc2C#N)cc1. The van der Waals surface area contributed by atoms with Crippen LogP contribution in [0, 0.1) is 11.3 Å². The summed E-state index contributed by atoms with van der Waals surface area (Å²) < 4.78 is 15.1. The van der Waals surface area contributed by atoms with Crippen molar-refractivity contribution in [3.05, 3.63) is 41.3 Å². The van der Waals surface area contributed by atoms with Crippen molar-refractivity contribution in [2.45, 2.75) is 0 Å². The molecule has 2 aromatic rings. The van der Waals surface area contributed by atoms with E-state index >= 15 is 0 Å². The first-order valence-electron chi connectivity index (χ1n) is 6.82. The monoisotopic (exact) mass is 346 g/mol. The minimum Gasteiger partial charge on any atom is -0.497 e. The van der Waals surface area contributed by atoms with E-state index in [1.54, 1.807) is 42.8 Å². The van der Waals surface area contributed by atoms with Crippen molar-refractivity contribution in [1.82, 2.24) is 0 Å². The van der Waals surface area contributed by atoms with Gasteiger partial charge in [0.1, 0.15) is 22.6 Å². The molecule has 24 heavy (non-hydrogen) atoms. The average Bonchev–Trinajstić information content (AvgIpc) is 3.05. The van der Waals surface area contributed by atoms with Crippen molar-refractivity contribution in [2.75, 3.05) is 25.6 Å². The van der Waals surface area contributed by atoms with Crippen molar-refractivity contribution in [1.29, 1.82) is 5.26 Å². The number of amides is 1. The van der Waals surface area contributed by atoms with Crippen LogP contribution >= 0.6 is 11.3 Å². The Morgan fingerprint density at radius 3 is 2.54 bits per heavy atom. The number of nitrogens with zero attached hydrogens (tertiary/aromatic N) is 1. The minimum absolute atomic E-state index is 0.317. The summed E-state index contributed by atoms with van der Waals surface area (Å²) in [6.07, 6.45) is 0. The smallest absolute Gasteiger partial charge is 0.344 e. The van der Waals surface area contributed by atoms with Crippen LogP contribution < -0.4 is 14.8 Å². The summed E-state index contributed by atoms with van der Waals surface area (Å²) in [7, 11) is 1.55. The summed E-state index contributed by atoms with van der Waals surface area (Å²) >= 11 is 1.22. The number of hydrogen-bond donors (Lipinski definition) is 1. The number of carbonyl (C=O) groups excluding carboxylic acids is 2. The molecule has 8 heteroatoms. The van der Waals surface area contributed by atoms with Crippen LogP contribution in [0.4, 0.5) is 5.00 Å². The maximum absolute atomic E-state index is 11.7. The molecule has 7 nitrogen and oxygen atoms in total. The highest BCUT2D eigenvalue weighted by Crippen LogP contribution is 2.21. The summed E-state index contributed by atoms with van der Waals surface area (Å²) in [4.78, 5) is 23.2. The van der Waals surface area contributed by atoms with Crippen molar-refractivity contribution < 1.29 is 23.8 Å². The molecule has 0 bridgehead atoms. The fraction of sp³-hybridized carbons (Fsp3) is 0.188. The first-order valence-corrected chi connectivity index (χ1v) is 7.70. The molecule has 0 aliphatic heterocycles. The van der Waals surface area contributed by atoms with Gasteiger partial charge in [-0.3, -0.25) is 4.79 Å². The lowest BCUT2D eigenvalue weighted by molar-refractivity contribution is -0.149. The number of benzene rings is 1. The third-order valence-corrected chi connectivity index (χ3v) is 3.65. The van der Waals surface area contributed by atoms with E-state index in [1.807, 2.05) is 6.07 Å². The fourth-order valence-electron chi connectivity index (χ4n) is 1.66. The van der Waals surface area contributed by atoms with Gasteiger partial charge in [-0.1, -0.05) is 0 Å². The van der Waals surface area contributed by atoms with E-state index in [2.05, 4.69) is 5.32 Å². The number of anilines is 1. The molecule has 124 valence electrons. The molecule has 0 saturated heterocycles. The minimum atomic E-state index is -0.673. The van der Waals surface area contributed by atoms with E-state index in [0.29, 0.717) is 22.1 Å². The topological polar surface area (TPSA) is 97.7 Å². The molecule has 0 atom stereocenters. The zero-order valence-electron chi connectivity index (χ0n) is 12.8. The second kappa shape index (κ2) is 8.55. The molecule has 1 aromatic heterocycles. The van der Waals surface area contributed by atoms with E-state index in [0.717, 1.165) is 0 Å². The highest BCUT2D eigenvalue weighted by molar-refractivity contribution is 7.14. The van der Waals surface area contributed by atoms with Gasteiger partial charge in [0.2, 0.25) is 0 Å². The Hall–Kier alpha value is -3.05. The van der Waals surface area contributed by atoms with Crippen LogP contribution in [0.5, 0.6) is 11.5 Å². The predicted molar refractivity (Wildman–Crippen MR) is 87.1 cm³/mol. The highest BCUT2D eigenvalue weighted by Gasteiger charge is 2.11. The molecule has 0 saturated carbocycles. The van der Waals surface area contributed by atoms with E-state index < -0.39 is 18.5 Å². The van der Waals surface area contributed by atoms with Gasteiger partial charge in [0, 0.05) is 0 Å². The van der Waals surface area contributed by atoms with Crippen LogP contribution in [0.2, 0.25) is 0 Å². The van der Waals surface area contributed by atoms with Gasteiger partial charge in [0.15, 0.2) is 13.2 Å². The van der Waals surface area contributed by atoms with Gasteiger partial charge in [-0.25, -0.2) is 4.79 Å². The molecule has 1 N–H and O–H groups in total. The van der Waals surface area contributed by atoms with Crippen LogP contribution in [0.1, 0.15) is 5.56 Å². The Kier molecular flexibility index (Phi) is 6.16. The molecule has 1 aromatic carbocycles. The van der Waals surface area contributed by atoms with Gasteiger partial charge in [-0.2, -0.15) is 5.26 Å². The fourth-order valence-corrected chi connectivity index (χ4v) is 2.41. The van der Waals surface area contributed by atoms with Crippen molar-refractivity contribution >= 4 is 28.2 Å². The van der Waals surface area contributed by atoms with Gasteiger partial charge < -0.3 is 19.5 Å². The first kappa shape index (κ1) is 17.3. The maximum atomic E-state index is 11.7. The molecule has 0 spiro atoms. The van der Waals surface area contributed by atoms with Crippen LogP contribution in [-0.4, -0.2) is 32.2 Å². The van der Waals surface area contributed by atoms with Gasteiger partial charge >= 0.3 is 5.97 Å². The third-order valence-electron chi connectivity index (χ3n) is 2.82. The number of ether oxygens (including phenoxy) is 3. The lowest BCUT2D eigenvalue weighted by Gasteiger charge is -2.08. The summed E-state index contributed by atoms with van der Waals surface area (Å²) in [6, 6.07) is 10.2. The van der Waals surface area contributed by atoms with E-state index in [-0.39, 0.29) is 6.61 Å². The number of thiophene rings is 1. The molecule has 0 fully saturated rings. The second-order valence-electron chi connectivity index (χ2n) is 4.45. The Morgan fingerprint density at radius 1 is 1.17 bits per heavy atom. The number of nitriles is 1. The summed E-state index contributed by atoms with van der Waals surface area (Å²) in [5.74, 6) is -0.0410. The second-order valence-corrected chi connectivity index (χ2v) is 5.36. The van der Waals surface area contributed by atoms with Gasteiger partial charge in [0.25, 0.3) is 5.91 Å². The molecular weight excluding hydrogens is 332 g/mol.